The molecular weight excluding hydrogens is 568 g/mol. The van der Waals surface area contributed by atoms with E-state index in [1.54, 1.807) is 46.4 Å². The Kier molecular flexibility index (Phi) is 7.38. The zero-order valence-electron chi connectivity index (χ0n) is 18.5. The van der Waals surface area contributed by atoms with E-state index in [4.69, 9.17) is 16.6 Å². The number of thioether (sulfide) groups is 1. The first-order chi connectivity index (χ1) is 17.0. The number of amides is 1. The summed E-state index contributed by atoms with van der Waals surface area (Å²) in [4.78, 5) is 33.0. The number of hydrazone groups is 1. The molecule has 0 spiro atoms. The van der Waals surface area contributed by atoms with Crippen LogP contribution in [-0.2, 0) is 17.6 Å². The molecule has 0 unspecified atom stereocenters. The van der Waals surface area contributed by atoms with Gasteiger partial charge >= 0.3 is 0 Å². The second-order valence-corrected chi connectivity index (χ2v) is 11.4. The predicted molar refractivity (Wildman–Crippen MR) is 147 cm³/mol. The lowest BCUT2D eigenvalue weighted by molar-refractivity contribution is -0.118. The maximum atomic E-state index is 13.7. The molecule has 6 nitrogen and oxygen atoms in total. The lowest BCUT2D eigenvalue weighted by Crippen LogP contribution is -2.24. The lowest BCUT2D eigenvalue weighted by atomic mass is 9.97. The first kappa shape index (κ1) is 24.2. The number of fused-ring (bicyclic) bond motifs is 3. The van der Waals surface area contributed by atoms with Crippen LogP contribution in [0.4, 0.5) is 0 Å². The monoisotopic (exact) mass is 586 g/mol. The minimum absolute atomic E-state index is 0.0638. The van der Waals surface area contributed by atoms with Gasteiger partial charge < -0.3 is 0 Å². The van der Waals surface area contributed by atoms with Crippen LogP contribution in [0.15, 0.2) is 68.1 Å². The van der Waals surface area contributed by atoms with E-state index in [2.05, 4.69) is 26.5 Å². The quantitative estimate of drug-likeness (QED) is 0.130. The molecule has 0 saturated heterocycles. The molecular formula is C25H20BrClN4O2S2. The highest BCUT2D eigenvalue weighted by molar-refractivity contribution is 9.10. The third-order valence-corrected chi connectivity index (χ3v) is 8.55. The highest BCUT2D eigenvalue weighted by Gasteiger charge is 2.23. The summed E-state index contributed by atoms with van der Waals surface area (Å²) >= 11 is 12.3. The molecule has 4 aromatic rings. The summed E-state index contributed by atoms with van der Waals surface area (Å²) in [6, 6.07) is 14.7. The van der Waals surface area contributed by atoms with E-state index in [1.807, 2.05) is 24.3 Å². The van der Waals surface area contributed by atoms with E-state index >= 15 is 0 Å². The fourth-order valence-corrected chi connectivity index (χ4v) is 6.49. The summed E-state index contributed by atoms with van der Waals surface area (Å²) < 4.78 is 2.56. The molecule has 1 aliphatic rings. The third kappa shape index (κ3) is 5.38. The predicted octanol–water partition coefficient (Wildman–Crippen LogP) is 5.98. The van der Waals surface area contributed by atoms with Crippen molar-refractivity contribution in [1.29, 1.82) is 0 Å². The normalized spacial score (nSPS) is 13.3. The number of halogens is 2. The number of thiophene rings is 1. The second-order valence-electron chi connectivity index (χ2n) is 8.04. The Morgan fingerprint density at radius 2 is 1.91 bits per heavy atom. The van der Waals surface area contributed by atoms with Crippen molar-refractivity contribution < 1.29 is 4.79 Å². The Hall–Kier alpha value is -2.46. The van der Waals surface area contributed by atoms with Crippen LogP contribution in [0.25, 0.3) is 15.9 Å². The molecule has 178 valence electrons. The van der Waals surface area contributed by atoms with E-state index in [0.717, 1.165) is 46.1 Å². The maximum Gasteiger partial charge on any atom is 0.267 e. The summed E-state index contributed by atoms with van der Waals surface area (Å²) in [5, 5.41) is 5.78. The first-order valence-corrected chi connectivity index (χ1v) is 14.0. The number of benzene rings is 2. The maximum absolute atomic E-state index is 13.7. The van der Waals surface area contributed by atoms with Crippen molar-refractivity contribution in [2.45, 2.75) is 30.8 Å². The zero-order chi connectivity index (χ0) is 24.4. The van der Waals surface area contributed by atoms with Gasteiger partial charge in [0.2, 0.25) is 0 Å². The van der Waals surface area contributed by atoms with Gasteiger partial charge in [-0.25, -0.2) is 10.4 Å². The van der Waals surface area contributed by atoms with E-state index in [-0.39, 0.29) is 17.2 Å². The molecule has 0 bridgehead atoms. The second kappa shape index (κ2) is 10.7. The molecule has 0 atom stereocenters. The number of rotatable bonds is 6. The van der Waals surface area contributed by atoms with Gasteiger partial charge in [-0.2, -0.15) is 5.10 Å². The van der Waals surface area contributed by atoms with E-state index in [1.165, 1.54) is 16.6 Å². The Labute approximate surface area is 223 Å². The van der Waals surface area contributed by atoms with Gasteiger partial charge in [0.25, 0.3) is 11.5 Å². The Bertz CT molecular complexity index is 1480. The highest BCUT2D eigenvalue weighted by atomic mass is 79.9. The van der Waals surface area contributed by atoms with Crippen molar-refractivity contribution in [3.63, 3.8) is 0 Å². The molecule has 1 N–H and O–H groups in total. The summed E-state index contributed by atoms with van der Waals surface area (Å²) in [5.41, 5.74) is 5.11. The van der Waals surface area contributed by atoms with Crippen molar-refractivity contribution in [3.05, 3.63) is 84.4 Å². The molecule has 5 rings (SSSR count). The van der Waals surface area contributed by atoms with Crippen LogP contribution < -0.4 is 11.0 Å². The average Bonchev–Trinajstić information content (AvgIpc) is 3.23. The van der Waals surface area contributed by atoms with Crippen molar-refractivity contribution in [1.82, 2.24) is 15.0 Å². The zero-order valence-corrected chi connectivity index (χ0v) is 22.4. The van der Waals surface area contributed by atoms with Crippen molar-refractivity contribution in [3.8, 4) is 5.69 Å². The Balaban J connectivity index is 1.42. The van der Waals surface area contributed by atoms with Crippen LogP contribution in [0.5, 0.6) is 0 Å². The lowest BCUT2D eigenvalue weighted by Gasteiger charge is -2.13. The van der Waals surface area contributed by atoms with Crippen LogP contribution in [0.3, 0.4) is 0 Å². The molecule has 1 aliphatic carbocycles. The van der Waals surface area contributed by atoms with Gasteiger partial charge in [0.05, 0.1) is 23.0 Å². The molecule has 0 saturated carbocycles. The van der Waals surface area contributed by atoms with Gasteiger partial charge in [-0.1, -0.05) is 51.4 Å². The van der Waals surface area contributed by atoms with Crippen LogP contribution in [-0.4, -0.2) is 27.4 Å². The van der Waals surface area contributed by atoms with Gasteiger partial charge in [-0.3, -0.25) is 14.2 Å². The summed E-state index contributed by atoms with van der Waals surface area (Å²) in [7, 11) is 0. The van der Waals surface area contributed by atoms with E-state index in [9.17, 15) is 9.59 Å². The average molecular weight is 588 g/mol. The molecule has 0 fully saturated rings. The fraction of sp³-hybridized carbons (Fsp3) is 0.200. The molecule has 0 radical (unpaired) electrons. The number of nitrogens with one attached hydrogen (secondary N) is 1. The number of aryl methyl sites for hydroxylation is 2. The molecule has 10 heteroatoms. The number of carbonyl (C=O) groups is 1. The van der Waals surface area contributed by atoms with Crippen molar-refractivity contribution in [2.24, 2.45) is 5.10 Å². The van der Waals surface area contributed by atoms with Crippen molar-refractivity contribution in [2.75, 3.05) is 5.75 Å². The van der Waals surface area contributed by atoms with Crippen LogP contribution in [0, 0.1) is 0 Å². The number of carbonyl (C=O) groups excluding carboxylic acids is 1. The topological polar surface area (TPSA) is 76.3 Å². The van der Waals surface area contributed by atoms with Crippen LogP contribution in [0.1, 0.15) is 28.8 Å². The minimum atomic E-state index is -0.286. The molecule has 2 heterocycles. The number of nitrogens with zero attached hydrogens (tertiary/aromatic N) is 3. The summed E-state index contributed by atoms with van der Waals surface area (Å²) in [5.74, 6) is -0.222. The van der Waals surface area contributed by atoms with E-state index in [0.29, 0.717) is 21.3 Å². The van der Waals surface area contributed by atoms with Crippen molar-refractivity contribution >= 4 is 73.0 Å². The first-order valence-electron chi connectivity index (χ1n) is 11.0. The minimum Gasteiger partial charge on any atom is -0.272 e. The third-order valence-electron chi connectivity index (χ3n) is 5.65. The number of aromatic nitrogens is 2. The Morgan fingerprint density at radius 1 is 1.17 bits per heavy atom. The van der Waals surface area contributed by atoms with E-state index < -0.39 is 0 Å². The van der Waals surface area contributed by atoms with Gasteiger partial charge in [0.1, 0.15) is 4.83 Å². The standard InChI is InChI=1S/C25H20BrClN4O2S2/c26-16-7-5-15(6-8-16)13-28-30-21(32)14-34-25-29-23-22(19-3-1-2-4-20(19)35-23)24(33)31(25)18-11-9-17(27)10-12-18/h5-13H,1-4,14H2,(H,30,32)/b28-13+. The van der Waals surface area contributed by atoms with Gasteiger partial charge in [0, 0.05) is 14.4 Å². The number of hydrogen-bond donors (Lipinski definition) is 1. The smallest absolute Gasteiger partial charge is 0.267 e. The fourth-order valence-electron chi connectivity index (χ4n) is 3.99. The van der Waals surface area contributed by atoms with Gasteiger partial charge in [0.15, 0.2) is 5.16 Å². The van der Waals surface area contributed by atoms with Gasteiger partial charge in [-0.05, 0) is 73.2 Å². The van der Waals surface area contributed by atoms with Gasteiger partial charge in [-0.15, -0.1) is 11.3 Å². The SMILES string of the molecule is O=C(CSc1nc2sc3c(c2c(=O)n1-c1ccc(Cl)cc1)CCCC3)N/N=C/c1ccc(Br)cc1. The number of hydrogen-bond acceptors (Lipinski definition) is 6. The molecule has 2 aromatic heterocycles. The summed E-state index contributed by atoms with van der Waals surface area (Å²) in [6.07, 6.45) is 5.68. The highest BCUT2D eigenvalue weighted by Crippen LogP contribution is 2.35. The van der Waals surface area contributed by atoms with Crippen LogP contribution in [0.2, 0.25) is 5.02 Å². The summed E-state index contributed by atoms with van der Waals surface area (Å²) in [6.45, 7) is 0. The largest absolute Gasteiger partial charge is 0.272 e. The van der Waals surface area contributed by atoms with Crippen LogP contribution >= 0.6 is 50.6 Å². The molecule has 1 amide bonds. The molecule has 35 heavy (non-hydrogen) atoms. The Morgan fingerprint density at radius 3 is 2.69 bits per heavy atom. The molecule has 2 aromatic carbocycles. The molecule has 0 aliphatic heterocycles.